The molecule has 0 aromatic heterocycles. The van der Waals surface area contributed by atoms with Crippen LogP contribution in [0.4, 0.5) is 4.39 Å². The average Bonchev–Trinajstić information content (AvgIpc) is 2.51. The van der Waals surface area contributed by atoms with Crippen LogP contribution >= 0.6 is 0 Å². The van der Waals surface area contributed by atoms with Crippen molar-refractivity contribution in [3.05, 3.63) is 42.6 Å². The van der Waals surface area contributed by atoms with Crippen molar-refractivity contribution < 1.29 is 9.18 Å². The minimum absolute atomic E-state index is 0.0860. The molecule has 2 unspecified atom stereocenters. The minimum atomic E-state index is -0.321. The zero-order chi connectivity index (χ0) is 15.1. The van der Waals surface area contributed by atoms with E-state index in [1.54, 1.807) is 6.07 Å². The zero-order valence-corrected chi connectivity index (χ0v) is 12.3. The van der Waals surface area contributed by atoms with Crippen LogP contribution in [0.1, 0.15) is 50.1 Å². The van der Waals surface area contributed by atoms with Gasteiger partial charge in [0.1, 0.15) is 5.82 Å². The molecule has 0 saturated carbocycles. The monoisotopic (exact) mass is 290 g/mol. The van der Waals surface area contributed by atoms with Crippen molar-refractivity contribution in [3.63, 3.8) is 0 Å². The van der Waals surface area contributed by atoms with Crippen LogP contribution in [0.5, 0.6) is 0 Å². The van der Waals surface area contributed by atoms with E-state index in [0.717, 1.165) is 37.7 Å². The summed E-state index contributed by atoms with van der Waals surface area (Å²) in [6.45, 7) is 4.37. The fourth-order valence-electron chi connectivity index (χ4n) is 2.72. The molecular weight excluding hydrogens is 267 g/mol. The number of carbonyl (C=O) groups excluding carboxylic acids is 1. The first kappa shape index (κ1) is 16.0. The highest BCUT2D eigenvalue weighted by atomic mass is 19.1. The largest absolute Gasteiger partial charge is 0.355 e. The first-order valence-electron chi connectivity index (χ1n) is 7.68. The number of unbranched alkanes of at least 4 members (excludes halogenated alkanes) is 1. The third kappa shape index (κ3) is 5.12. The van der Waals surface area contributed by atoms with Gasteiger partial charge in [-0.25, -0.2) is 4.39 Å². The second-order valence-electron chi connectivity index (χ2n) is 5.58. The number of hydrogen-bond donors (Lipinski definition) is 2. The Morgan fingerprint density at radius 1 is 1.52 bits per heavy atom. The standard InChI is InChI=1S/C17H23FN2O/c1-2-3-10-17(21)19-12-15-8-5-9-16(20-15)13-6-4-7-14(18)11-13/h4,6,11,15-16,20H,1-3,5,8-10,12H2,(H,19,21). The van der Waals surface area contributed by atoms with E-state index in [1.165, 1.54) is 6.07 Å². The third-order valence-electron chi connectivity index (χ3n) is 3.87. The van der Waals surface area contributed by atoms with Crippen LogP contribution in [0, 0.1) is 18.8 Å². The molecular formula is C17H23FN2O. The lowest BCUT2D eigenvalue weighted by molar-refractivity contribution is -0.121. The average molecular weight is 290 g/mol. The summed E-state index contributed by atoms with van der Waals surface area (Å²) < 4.78 is 13.2. The molecule has 4 heteroatoms. The molecule has 3 nitrogen and oxygen atoms in total. The summed E-state index contributed by atoms with van der Waals surface area (Å²) in [6.07, 6.45) is 5.26. The van der Waals surface area contributed by atoms with Gasteiger partial charge in [0.25, 0.3) is 0 Å². The van der Waals surface area contributed by atoms with Crippen molar-refractivity contribution in [1.29, 1.82) is 0 Å². The van der Waals surface area contributed by atoms with Gasteiger partial charge in [0.05, 0.1) is 0 Å². The summed E-state index contributed by atoms with van der Waals surface area (Å²) in [5.41, 5.74) is 0.958. The first-order chi connectivity index (χ1) is 10.2. The molecule has 1 aromatic carbocycles. The molecule has 2 rings (SSSR count). The maximum Gasteiger partial charge on any atom is 0.220 e. The van der Waals surface area contributed by atoms with E-state index in [4.69, 9.17) is 0 Å². The van der Waals surface area contributed by atoms with Crippen molar-refractivity contribution >= 4 is 5.91 Å². The Hall–Kier alpha value is -1.42. The molecule has 0 spiro atoms. The highest BCUT2D eigenvalue weighted by Gasteiger charge is 2.22. The number of nitrogens with one attached hydrogen (secondary N) is 2. The molecule has 2 atom stereocenters. The molecule has 21 heavy (non-hydrogen) atoms. The van der Waals surface area contributed by atoms with Gasteiger partial charge in [-0.1, -0.05) is 25.5 Å². The summed E-state index contributed by atoms with van der Waals surface area (Å²) >= 11 is 0. The Balaban J connectivity index is 1.82. The van der Waals surface area contributed by atoms with Gasteiger partial charge in [0.2, 0.25) is 5.91 Å². The Bertz CT molecular complexity index is 464. The smallest absolute Gasteiger partial charge is 0.220 e. The van der Waals surface area contributed by atoms with Gasteiger partial charge in [-0.15, -0.1) is 0 Å². The number of carbonyl (C=O) groups is 1. The fraction of sp³-hybridized carbons (Fsp3) is 0.529. The number of amides is 1. The van der Waals surface area contributed by atoms with E-state index in [2.05, 4.69) is 23.6 Å². The number of benzene rings is 1. The Morgan fingerprint density at radius 2 is 2.38 bits per heavy atom. The van der Waals surface area contributed by atoms with E-state index < -0.39 is 0 Å². The Labute approximate surface area is 126 Å². The van der Waals surface area contributed by atoms with Gasteiger partial charge in [0, 0.05) is 31.1 Å². The summed E-state index contributed by atoms with van der Waals surface area (Å²) in [7, 11) is 0. The topological polar surface area (TPSA) is 41.1 Å². The Kier molecular flexibility index (Phi) is 6.18. The minimum Gasteiger partial charge on any atom is -0.355 e. The van der Waals surface area contributed by atoms with Crippen LogP contribution in [-0.4, -0.2) is 18.5 Å². The second kappa shape index (κ2) is 8.13. The van der Waals surface area contributed by atoms with Gasteiger partial charge >= 0.3 is 0 Å². The van der Waals surface area contributed by atoms with Gasteiger partial charge in [-0.2, -0.15) is 0 Å². The zero-order valence-electron chi connectivity index (χ0n) is 12.3. The van der Waals surface area contributed by atoms with Crippen molar-refractivity contribution in [1.82, 2.24) is 10.6 Å². The molecule has 1 fully saturated rings. The Morgan fingerprint density at radius 3 is 3.14 bits per heavy atom. The molecule has 1 saturated heterocycles. The van der Waals surface area contributed by atoms with Crippen molar-refractivity contribution in [2.45, 2.75) is 50.6 Å². The van der Waals surface area contributed by atoms with Crippen LogP contribution in [0.25, 0.3) is 0 Å². The predicted molar refractivity (Wildman–Crippen MR) is 81.0 cm³/mol. The molecule has 2 N–H and O–H groups in total. The van der Waals surface area contributed by atoms with E-state index in [0.29, 0.717) is 13.0 Å². The van der Waals surface area contributed by atoms with Crippen molar-refractivity contribution in [2.24, 2.45) is 0 Å². The lowest BCUT2D eigenvalue weighted by Crippen LogP contribution is -2.44. The highest BCUT2D eigenvalue weighted by molar-refractivity contribution is 5.75. The molecule has 1 aliphatic heterocycles. The van der Waals surface area contributed by atoms with Crippen LogP contribution < -0.4 is 10.6 Å². The first-order valence-corrected chi connectivity index (χ1v) is 7.68. The van der Waals surface area contributed by atoms with E-state index >= 15 is 0 Å². The molecule has 0 bridgehead atoms. The normalized spacial score (nSPS) is 22.0. The molecule has 1 aliphatic rings. The van der Waals surface area contributed by atoms with Gasteiger partial charge in [-0.3, -0.25) is 4.79 Å². The van der Waals surface area contributed by atoms with Gasteiger partial charge in [-0.05, 0) is 37.3 Å². The fourth-order valence-corrected chi connectivity index (χ4v) is 2.72. The maximum atomic E-state index is 13.2. The number of halogens is 1. The molecule has 1 amide bonds. The lowest BCUT2D eigenvalue weighted by atomic mass is 9.93. The third-order valence-corrected chi connectivity index (χ3v) is 3.87. The van der Waals surface area contributed by atoms with Gasteiger partial charge < -0.3 is 10.6 Å². The maximum absolute atomic E-state index is 13.2. The molecule has 1 aromatic rings. The van der Waals surface area contributed by atoms with Crippen molar-refractivity contribution in [2.75, 3.05) is 6.54 Å². The SMILES string of the molecule is [CH2]CCCC(=O)NCC1CCCC(c2cc[c]c(F)c2)N1. The van der Waals surface area contributed by atoms with E-state index in [9.17, 15) is 9.18 Å². The van der Waals surface area contributed by atoms with E-state index in [-0.39, 0.29) is 23.8 Å². The summed E-state index contributed by atoms with van der Waals surface area (Å²) in [6, 6.07) is 7.99. The van der Waals surface area contributed by atoms with Crippen LogP contribution in [0.15, 0.2) is 18.2 Å². The lowest BCUT2D eigenvalue weighted by Gasteiger charge is -2.31. The number of piperidine rings is 1. The summed E-state index contributed by atoms with van der Waals surface area (Å²) in [4.78, 5) is 11.6. The van der Waals surface area contributed by atoms with Crippen molar-refractivity contribution in [3.8, 4) is 0 Å². The van der Waals surface area contributed by atoms with Crippen LogP contribution in [0.2, 0.25) is 0 Å². The van der Waals surface area contributed by atoms with E-state index in [1.807, 2.05) is 6.07 Å². The summed E-state index contributed by atoms with van der Waals surface area (Å²) in [5, 5.41) is 6.46. The number of hydrogen-bond acceptors (Lipinski definition) is 2. The molecule has 114 valence electrons. The number of rotatable bonds is 6. The quantitative estimate of drug-likeness (QED) is 0.846. The highest BCUT2D eigenvalue weighted by Crippen LogP contribution is 2.25. The summed E-state index contributed by atoms with van der Waals surface area (Å²) in [5.74, 6) is -0.235. The second-order valence-corrected chi connectivity index (χ2v) is 5.58. The van der Waals surface area contributed by atoms with Crippen LogP contribution in [-0.2, 0) is 4.79 Å². The van der Waals surface area contributed by atoms with Crippen LogP contribution in [0.3, 0.4) is 0 Å². The molecule has 1 heterocycles. The molecule has 2 radical (unpaired) electrons. The molecule has 0 aliphatic carbocycles. The predicted octanol–water partition coefficient (Wildman–Crippen LogP) is 2.93. The van der Waals surface area contributed by atoms with Gasteiger partial charge in [0.15, 0.2) is 0 Å².